The van der Waals surface area contributed by atoms with Crippen molar-refractivity contribution < 1.29 is 0 Å². The molecule has 0 aliphatic rings. The molecule has 0 amide bonds. The summed E-state index contributed by atoms with van der Waals surface area (Å²) < 4.78 is 0. The van der Waals surface area contributed by atoms with Crippen molar-refractivity contribution in [1.29, 1.82) is 0 Å². The molecule has 0 spiro atoms. The minimum atomic E-state index is 0. The van der Waals surface area contributed by atoms with Crippen LogP contribution in [0.15, 0.2) is 35.3 Å². The summed E-state index contributed by atoms with van der Waals surface area (Å²) in [6.07, 6.45) is 3.15. The van der Waals surface area contributed by atoms with Gasteiger partial charge in [-0.1, -0.05) is 18.2 Å². The van der Waals surface area contributed by atoms with Crippen molar-refractivity contribution in [2.24, 2.45) is 4.99 Å². The molecule has 2 aromatic rings. The van der Waals surface area contributed by atoms with Crippen LogP contribution in [0.1, 0.15) is 35.3 Å². The molecule has 28 heavy (non-hydrogen) atoms. The summed E-state index contributed by atoms with van der Waals surface area (Å²) in [6.45, 7) is 9.92. The van der Waals surface area contributed by atoms with E-state index in [1.807, 2.05) is 0 Å². The second-order valence-corrected chi connectivity index (χ2v) is 7.94. The van der Waals surface area contributed by atoms with Crippen LogP contribution in [0.3, 0.4) is 0 Å². The van der Waals surface area contributed by atoms with E-state index in [9.17, 15) is 0 Å². The second-order valence-electron chi connectivity index (χ2n) is 6.65. The van der Waals surface area contributed by atoms with Gasteiger partial charge in [0, 0.05) is 50.2 Å². The molecule has 2 N–H and O–H groups in total. The third kappa shape index (κ3) is 8.77. The normalized spacial score (nSPS) is 11.1. The molecule has 0 aliphatic carbocycles. The minimum Gasteiger partial charge on any atom is -0.375 e. The van der Waals surface area contributed by atoms with Crippen molar-refractivity contribution in [2.45, 2.75) is 40.0 Å². The number of aryl methyl sites for hydroxylation is 2. The molecule has 0 bridgehead atoms. The Morgan fingerprint density at radius 2 is 1.89 bits per heavy atom. The fourth-order valence-corrected chi connectivity index (χ4v) is 3.67. The van der Waals surface area contributed by atoms with Gasteiger partial charge in [0.1, 0.15) is 0 Å². The topological polar surface area (TPSA) is 52.6 Å². The van der Waals surface area contributed by atoms with Crippen LogP contribution in [-0.4, -0.2) is 44.2 Å². The maximum absolute atomic E-state index is 4.70. The second kappa shape index (κ2) is 13.8. The van der Waals surface area contributed by atoms with Crippen LogP contribution in [0.25, 0.3) is 0 Å². The lowest BCUT2D eigenvalue weighted by atomic mass is 10.2. The Morgan fingerprint density at radius 3 is 2.54 bits per heavy atom. The molecule has 0 aliphatic heterocycles. The average Bonchev–Trinajstić information content (AvgIpc) is 2.99. The predicted molar refractivity (Wildman–Crippen MR) is 134 cm³/mol. The van der Waals surface area contributed by atoms with E-state index >= 15 is 0 Å². The van der Waals surface area contributed by atoms with Gasteiger partial charge in [-0.05, 0) is 45.7 Å². The van der Waals surface area contributed by atoms with Crippen LogP contribution in [0.5, 0.6) is 0 Å². The quantitative estimate of drug-likeness (QED) is 0.213. The molecule has 0 saturated heterocycles. The van der Waals surface area contributed by atoms with Crippen molar-refractivity contribution in [2.75, 3.05) is 38.1 Å². The summed E-state index contributed by atoms with van der Waals surface area (Å²) in [5, 5.41) is 7.93. The largest absolute Gasteiger partial charge is 0.375 e. The van der Waals surface area contributed by atoms with Crippen molar-refractivity contribution in [1.82, 2.24) is 15.6 Å². The van der Waals surface area contributed by atoms with E-state index in [0.29, 0.717) is 0 Å². The Hall–Kier alpha value is -1.35. The molecular weight excluding hydrogens is 481 g/mol. The fraction of sp³-hybridized carbons (Fsp3) is 0.524. The summed E-state index contributed by atoms with van der Waals surface area (Å²) in [4.78, 5) is 12.9. The van der Waals surface area contributed by atoms with Gasteiger partial charge in [-0.15, -0.1) is 35.3 Å². The first-order chi connectivity index (χ1) is 13.1. The third-order valence-corrected chi connectivity index (χ3v) is 5.55. The Balaban J connectivity index is 0.00000392. The highest BCUT2D eigenvalue weighted by atomic mass is 127. The van der Waals surface area contributed by atoms with Gasteiger partial charge in [-0.3, -0.25) is 4.99 Å². The van der Waals surface area contributed by atoms with E-state index in [1.165, 1.54) is 15.6 Å². The third-order valence-electron chi connectivity index (χ3n) is 4.42. The Bertz CT molecular complexity index is 683. The lowest BCUT2D eigenvalue weighted by molar-refractivity contribution is 0.718. The Kier molecular flexibility index (Phi) is 12.1. The SMILES string of the molecule is CCNC(=NCCCCN(C)c1ccccc1)NCCc1nc(C)c(C)s1.I. The summed E-state index contributed by atoms with van der Waals surface area (Å²) in [5.74, 6) is 0.902. The molecule has 2 rings (SSSR count). The molecule has 1 aromatic carbocycles. The molecule has 1 aromatic heterocycles. The van der Waals surface area contributed by atoms with Gasteiger partial charge < -0.3 is 15.5 Å². The van der Waals surface area contributed by atoms with Crippen LogP contribution >= 0.6 is 35.3 Å². The number of nitrogens with one attached hydrogen (secondary N) is 2. The number of hydrogen-bond acceptors (Lipinski definition) is 4. The first kappa shape index (κ1) is 24.7. The van der Waals surface area contributed by atoms with Crippen molar-refractivity contribution in [3.8, 4) is 0 Å². The minimum absolute atomic E-state index is 0. The van der Waals surface area contributed by atoms with Crippen molar-refractivity contribution >= 4 is 47.0 Å². The smallest absolute Gasteiger partial charge is 0.191 e. The summed E-state index contributed by atoms with van der Waals surface area (Å²) in [5.41, 5.74) is 2.42. The number of thiazole rings is 1. The molecule has 0 atom stereocenters. The zero-order valence-electron chi connectivity index (χ0n) is 17.5. The monoisotopic (exact) mass is 515 g/mol. The number of aromatic nitrogens is 1. The maximum Gasteiger partial charge on any atom is 0.191 e. The summed E-state index contributed by atoms with van der Waals surface area (Å²) in [6, 6.07) is 10.5. The average molecular weight is 516 g/mol. The van der Waals surface area contributed by atoms with E-state index in [0.717, 1.165) is 57.1 Å². The highest BCUT2D eigenvalue weighted by molar-refractivity contribution is 14.0. The van der Waals surface area contributed by atoms with E-state index in [-0.39, 0.29) is 24.0 Å². The first-order valence-corrected chi connectivity index (χ1v) is 10.6. The lowest BCUT2D eigenvalue weighted by Gasteiger charge is -2.18. The fourth-order valence-electron chi connectivity index (χ4n) is 2.74. The maximum atomic E-state index is 4.70. The van der Waals surface area contributed by atoms with E-state index < -0.39 is 0 Å². The van der Waals surface area contributed by atoms with Gasteiger partial charge in [0.25, 0.3) is 0 Å². The molecule has 0 unspecified atom stereocenters. The van der Waals surface area contributed by atoms with Crippen LogP contribution in [0.4, 0.5) is 5.69 Å². The van der Waals surface area contributed by atoms with Crippen molar-refractivity contribution in [3.63, 3.8) is 0 Å². The van der Waals surface area contributed by atoms with E-state index in [4.69, 9.17) is 4.99 Å². The number of aliphatic imine (C=N–C) groups is 1. The standard InChI is InChI=1S/C21H33N5S.HI/c1-5-22-21(24-15-13-20-25-17(2)18(3)27-20)23-14-9-10-16-26(4)19-11-7-6-8-12-19;/h6-8,11-12H,5,9-10,13-16H2,1-4H3,(H2,22,23,24);1H. The number of benzene rings is 1. The lowest BCUT2D eigenvalue weighted by Crippen LogP contribution is -2.38. The molecule has 156 valence electrons. The molecule has 7 heteroatoms. The number of para-hydroxylation sites is 1. The molecule has 0 fully saturated rings. The Morgan fingerprint density at radius 1 is 1.14 bits per heavy atom. The van der Waals surface area contributed by atoms with Gasteiger partial charge in [-0.2, -0.15) is 0 Å². The van der Waals surface area contributed by atoms with Crippen molar-refractivity contribution in [3.05, 3.63) is 45.9 Å². The van der Waals surface area contributed by atoms with Gasteiger partial charge in [-0.25, -0.2) is 4.98 Å². The van der Waals surface area contributed by atoms with E-state index in [1.54, 1.807) is 11.3 Å². The van der Waals surface area contributed by atoms with Crippen LogP contribution in [0.2, 0.25) is 0 Å². The van der Waals surface area contributed by atoms with Gasteiger partial charge >= 0.3 is 0 Å². The number of rotatable bonds is 10. The molecule has 0 saturated carbocycles. The van der Waals surface area contributed by atoms with Gasteiger partial charge in [0.2, 0.25) is 0 Å². The summed E-state index contributed by atoms with van der Waals surface area (Å²) >= 11 is 1.79. The number of guanidine groups is 1. The zero-order valence-corrected chi connectivity index (χ0v) is 20.6. The molecule has 0 radical (unpaired) electrons. The number of nitrogens with zero attached hydrogens (tertiary/aromatic N) is 3. The van der Waals surface area contributed by atoms with Gasteiger partial charge in [0.15, 0.2) is 5.96 Å². The summed E-state index contributed by atoms with van der Waals surface area (Å²) in [7, 11) is 2.15. The highest BCUT2D eigenvalue weighted by Gasteiger charge is 2.04. The van der Waals surface area contributed by atoms with Crippen LogP contribution in [0, 0.1) is 13.8 Å². The molecular formula is C21H34IN5S. The number of hydrogen-bond donors (Lipinski definition) is 2. The highest BCUT2D eigenvalue weighted by Crippen LogP contribution is 2.16. The molecule has 1 heterocycles. The van der Waals surface area contributed by atoms with Gasteiger partial charge in [0.05, 0.1) is 10.7 Å². The van der Waals surface area contributed by atoms with Crippen LogP contribution in [-0.2, 0) is 6.42 Å². The molecule has 5 nitrogen and oxygen atoms in total. The zero-order chi connectivity index (χ0) is 19.5. The predicted octanol–water partition coefficient (Wildman–Crippen LogP) is 4.39. The van der Waals surface area contributed by atoms with E-state index in [2.05, 4.69) is 78.7 Å². The first-order valence-electron chi connectivity index (χ1n) is 9.81. The number of halogens is 1. The number of anilines is 1. The Labute approximate surface area is 191 Å². The van der Waals surface area contributed by atoms with Crippen LogP contribution < -0.4 is 15.5 Å². The number of unbranched alkanes of at least 4 members (excludes halogenated alkanes) is 1.